The normalized spacial score (nSPS) is 48.5. The first kappa shape index (κ1) is 59.4. The predicted octanol–water partition coefficient (Wildman–Crippen LogP) is -9.14. The van der Waals surface area contributed by atoms with Gasteiger partial charge in [0, 0.05) is 12.8 Å². The number of rotatable bonds is 21. The van der Waals surface area contributed by atoms with Crippen molar-refractivity contribution in [2.75, 3.05) is 45.3 Å². The Morgan fingerprint density at radius 1 is 0.634 bits per heavy atom. The summed E-state index contributed by atoms with van der Waals surface area (Å²) >= 11 is 4.08. The average Bonchev–Trinajstić information content (AvgIpc) is 3.66. The van der Waals surface area contributed by atoms with Gasteiger partial charge in [-0.05, 0) is 12.2 Å². The van der Waals surface area contributed by atoms with E-state index in [4.69, 9.17) is 61.7 Å². The number of aliphatic hydroxyl groups excluding tert-OH is 14. The lowest BCUT2D eigenvalue weighted by molar-refractivity contribution is -0.395. The van der Waals surface area contributed by atoms with Crippen LogP contribution in [0.1, 0.15) is 19.3 Å². The summed E-state index contributed by atoms with van der Waals surface area (Å²) in [5, 5.41) is 150. The number of amidine groups is 1. The van der Waals surface area contributed by atoms with Crippen LogP contribution in [0.25, 0.3) is 0 Å². The third-order valence-electron chi connectivity index (χ3n) is 12.4. The Morgan fingerprint density at radius 3 is 1.82 bits per heavy atom. The molecule has 1 saturated carbocycles. The summed E-state index contributed by atoms with van der Waals surface area (Å²) in [6, 6.07) is 0. The molecule has 0 aromatic carbocycles. The van der Waals surface area contributed by atoms with Crippen molar-refractivity contribution in [2.45, 2.75) is 173 Å². The van der Waals surface area contributed by atoms with Crippen LogP contribution in [-0.2, 0) is 65.1 Å². The van der Waals surface area contributed by atoms with Gasteiger partial charge in [-0.1, -0.05) is 0 Å². The first-order valence-corrected chi connectivity index (χ1v) is 25.8. The van der Waals surface area contributed by atoms with Crippen LogP contribution in [0.5, 0.6) is 0 Å². The molecule has 71 heavy (non-hydrogen) atoms. The third-order valence-corrected chi connectivity index (χ3v) is 14.7. The zero-order chi connectivity index (χ0) is 52.3. The van der Waals surface area contributed by atoms with Crippen molar-refractivity contribution >= 4 is 34.1 Å². The number of phosphoric acid groups is 2. The Hall–Kier alpha value is -0.840. The Morgan fingerprint density at radius 2 is 1.17 bits per heavy atom. The van der Waals surface area contributed by atoms with E-state index in [1.54, 1.807) is 0 Å². The fraction of sp³-hybridized carbons (Fsp3) is 0.972. The lowest BCUT2D eigenvalue weighted by Gasteiger charge is -2.48. The number of ether oxygens (including phenoxy) is 8. The maximum Gasteiger partial charge on any atom is 0.473 e. The van der Waals surface area contributed by atoms with Gasteiger partial charge in [0.1, 0.15) is 122 Å². The van der Waals surface area contributed by atoms with Crippen LogP contribution < -0.4 is 5.73 Å². The zero-order valence-corrected chi connectivity index (χ0v) is 39.9. The van der Waals surface area contributed by atoms with Gasteiger partial charge in [-0.15, -0.1) is 0 Å². The molecule has 18 N–H and O–H groups in total. The summed E-state index contributed by atoms with van der Waals surface area (Å²) in [5.74, 6) is 0.766. The molecule has 6 rings (SSSR count). The fourth-order valence-corrected chi connectivity index (χ4v) is 10.4. The molecule has 6 aliphatic rings. The van der Waals surface area contributed by atoms with Crippen molar-refractivity contribution < 1.29 is 146 Å². The summed E-state index contributed by atoms with van der Waals surface area (Å²) in [6.45, 7) is -4.44. The second-order valence-electron chi connectivity index (χ2n) is 17.3. The van der Waals surface area contributed by atoms with Crippen LogP contribution in [0.2, 0.25) is 0 Å². The van der Waals surface area contributed by atoms with Gasteiger partial charge >= 0.3 is 15.6 Å². The van der Waals surface area contributed by atoms with E-state index in [0.29, 0.717) is 18.6 Å². The molecule has 6 fully saturated rings. The molecular formula is C36H64N2O30P2S. The Balaban J connectivity index is 1.20. The highest BCUT2D eigenvalue weighted by Gasteiger charge is 2.61. The Bertz CT molecular complexity index is 1820. The van der Waals surface area contributed by atoms with Crippen LogP contribution in [0.4, 0.5) is 0 Å². The molecule has 0 spiro atoms. The summed E-state index contributed by atoms with van der Waals surface area (Å²) in [4.78, 5) is 24.3. The maximum atomic E-state index is 12.8. The molecule has 0 aromatic rings. The molecule has 1 aliphatic carbocycles. The molecule has 0 bridgehead atoms. The van der Waals surface area contributed by atoms with Gasteiger partial charge in [-0.25, -0.2) is 9.13 Å². The number of nitrogens with zero attached hydrogens (tertiary/aromatic N) is 1. The summed E-state index contributed by atoms with van der Waals surface area (Å²) in [7, 11) is -9.79. The number of thiol groups is 1. The van der Waals surface area contributed by atoms with Crippen LogP contribution in [0.3, 0.4) is 0 Å². The summed E-state index contributed by atoms with van der Waals surface area (Å²) in [6.07, 6.45) is -47.3. The number of nitrogens with two attached hydrogens (primary N) is 1. The molecule has 0 radical (unpaired) electrons. The minimum Gasteiger partial charge on any atom is -0.394 e. The van der Waals surface area contributed by atoms with E-state index in [2.05, 4.69) is 17.6 Å². The number of hydrogen-bond acceptors (Lipinski definition) is 30. The van der Waals surface area contributed by atoms with Gasteiger partial charge in [0.15, 0.2) is 25.2 Å². The molecule has 5 heterocycles. The van der Waals surface area contributed by atoms with Gasteiger partial charge in [0.25, 0.3) is 0 Å². The smallest absolute Gasteiger partial charge is 0.394 e. The number of phosphoric ester groups is 2. The van der Waals surface area contributed by atoms with Crippen molar-refractivity contribution in [3.8, 4) is 0 Å². The van der Waals surface area contributed by atoms with Crippen molar-refractivity contribution in [1.82, 2.24) is 0 Å². The SMILES string of the molecule is NC(CCCS)=NCCOP(=O)(O)OC[C@@H]1O[C@@H](O[C@@H]2[C@H](OC[C@@H]3O[C@H](O[C@@H]4[C@@H](O)[C@H](O)[C@H](O)[C@@H]5OP(=O)(O)O[C@@H]45)C[C@@H](O)[C@@H]3O)O[C@@H](CO)[C@H](O)[C@@H]2O)[C@@H](O[C@@H]2O[C@@H](CO)[C@H](O)[C@H](O)[C@@H]2O)[C@@H](O)[C@H]1O. The predicted molar refractivity (Wildman–Crippen MR) is 227 cm³/mol. The zero-order valence-electron chi connectivity index (χ0n) is 37.2. The van der Waals surface area contributed by atoms with Crippen molar-refractivity contribution in [1.29, 1.82) is 0 Å². The lowest BCUT2D eigenvalue weighted by atomic mass is 9.85. The largest absolute Gasteiger partial charge is 0.473 e. The number of hydrogen-bond donors (Lipinski definition) is 18. The second kappa shape index (κ2) is 25.5. The molecular weight excluding hydrogens is 1030 g/mol. The van der Waals surface area contributed by atoms with E-state index in [1.165, 1.54) is 0 Å². The molecule has 5 saturated heterocycles. The van der Waals surface area contributed by atoms with Crippen LogP contribution in [0, 0.1) is 0 Å². The molecule has 2 unspecified atom stereocenters. The molecule has 0 aromatic heterocycles. The molecule has 32 nitrogen and oxygen atoms in total. The maximum absolute atomic E-state index is 12.8. The Labute approximate surface area is 408 Å². The number of aliphatic imine (C=N–C) groups is 1. The highest BCUT2D eigenvalue weighted by molar-refractivity contribution is 7.80. The monoisotopic (exact) mass is 1100 g/mol. The molecule has 35 heteroatoms. The molecule has 414 valence electrons. The second-order valence-corrected chi connectivity index (χ2v) is 20.6. The fourth-order valence-electron chi connectivity index (χ4n) is 8.42. The molecule has 5 aliphatic heterocycles. The van der Waals surface area contributed by atoms with E-state index in [-0.39, 0.29) is 12.4 Å². The standard InChI is InChI=1S/C36H64N2O30P2S/c37-16(2-1-5-71)38-3-4-58-69(53,54)59-10-15-21(45)25(49)32(65-34-28(52)22(46)19(43)12(7-39)61-34)36(63-15)66-31-24(48)20(44)13(8-40)62-35(31)57-9-14-18(42)11(41)6-17(60-14)64-29-26(50)23(47)27(51)30-33(29)68-70(55,56)67-30/h11-15,17-36,39-52,71H,1-10H2,(H2,37,38)(H,53,54)(H,55,56)/t11-,12+,13+,14+,15+,17-,18+,19+,20+,21+,22+,23+,24+,25+,26+,27+,28+,29-,30+,31+,32+,33+,34+,35-,36+/m1/s1. The van der Waals surface area contributed by atoms with E-state index in [0.717, 1.165) is 0 Å². The van der Waals surface area contributed by atoms with Gasteiger partial charge in [-0.2, -0.15) is 12.6 Å². The summed E-state index contributed by atoms with van der Waals surface area (Å²) < 4.78 is 90.7. The van der Waals surface area contributed by atoms with Crippen LogP contribution in [-0.4, -0.2) is 286 Å². The van der Waals surface area contributed by atoms with Gasteiger partial charge in [0.2, 0.25) is 0 Å². The number of aliphatic hydroxyl groups is 14. The van der Waals surface area contributed by atoms with Gasteiger partial charge < -0.3 is 125 Å². The minimum atomic E-state index is -4.98. The lowest BCUT2D eigenvalue weighted by Crippen LogP contribution is -2.67. The van der Waals surface area contributed by atoms with E-state index in [9.17, 15) is 90.4 Å². The van der Waals surface area contributed by atoms with Gasteiger partial charge in [-0.3, -0.25) is 23.1 Å². The van der Waals surface area contributed by atoms with Crippen molar-refractivity contribution in [2.24, 2.45) is 10.7 Å². The van der Waals surface area contributed by atoms with E-state index < -0.39 is 208 Å². The summed E-state index contributed by atoms with van der Waals surface area (Å²) in [5.41, 5.74) is 5.77. The number of fused-ring (bicyclic) bond motifs is 1. The van der Waals surface area contributed by atoms with Crippen molar-refractivity contribution in [3.63, 3.8) is 0 Å². The van der Waals surface area contributed by atoms with Crippen molar-refractivity contribution in [3.05, 3.63) is 0 Å². The first-order valence-electron chi connectivity index (χ1n) is 22.2. The van der Waals surface area contributed by atoms with E-state index >= 15 is 0 Å². The van der Waals surface area contributed by atoms with E-state index in [1.807, 2.05) is 0 Å². The minimum absolute atomic E-state index is 0.164. The molecule has 27 atom stereocenters. The molecule has 0 amide bonds. The Kier molecular flexibility index (Phi) is 21.4. The highest BCUT2D eigenvalue weighted by Crippen LogP contribution is 2.56. The first-order chi connectivity index (χ1) is 33.4. The van der Waals surface area contributed by atoms with Gasteiger partial charge in [0.05, 0.1) is 51.5 Å². The van der Waals surface area contributed by atoms with Crippen LogP contribution in [0.15, 0.2) is 4.99 Å². The van der Waals surface area contributed by atoms with Crippen LogP contribution >= 0.6 is 28.3 Å². The average molecular weight is 1100 g/mol. The topological polar surface area (TPSA) is 507 Å². The highest BCUT2D eigenvalue weighted by atomic mass is 32.1. The third kappa shape index (κ3) is 14.2. The quantitative estimate of drug-likeness (QED) is 0.0167.